The summed E-state index contributed by atoms with van der Waals surface area (Å²) < 4.78 is 0. The summed E-state index contributed by atoms with van der Waals surface area (Å²) in [7, 11) is 0. The Morgan fingerprint density at radius 1 is 1.17 bits per heavy atom. The third kappa shape index (κ3) is 3.75. The zero-order valence-electron chi connectivity index (χ0n) is 13.8. The highest BCUT2D eigenvalue weighted by atomic mass is 32.2. The molecule has 1 aromatic carbocycles. The van der Waals surface area contributed by atoms with Gasteiger partial charge in [-0.1, -0.05) is 49.2 Å². The molecule has 1 saturated heterocycles. The first-order valence-corrected chi connectivity index (χ1v) is 9.32. The summed E-state index contributed by atoms with van der Waals surface area (Å²) >= 11 is 1.27. The molecule has 126 valence electrons. The van der Waals surface area contributed by atoms with Crippen LogP contribution in [-0.4, -0.2) is 33.3 Å². The number of hydrogen-bond donors (Lipinski definition) is 0. The summed E-state index contributed by atoms with van der Waals surface area (Å²) in [6.45, 7) is 1.99. The molecular weight excluding hydrogens is 322 g/mol. The largest absolute Gasteiger partial charge is 0.273 e. The second kappa shape index (κ2) is 7.75. The number of benzene rings is 1. The molecule has 0 aromatic heterocycles. The van der Waals surface area contributed by atoms with Gasteiger partial charge in [0.2, 0.25) is 5.91 Å². The Morgan fingerprint density at radius 3 is 2.58 bits per heavy atom. The fourth-order valence-corrected chi connectivity index (χ4v) is 3.86. The second-order valence-electron chi connectivity index (χ2n) is 6.15. The van der Waals surface area contributed by atoms with Crippen LogP contribution in [0.2, 0.25) is 0 Å². The van der Waals surface area contributed by atoms with Crippen LogP contribution in [0.25, 0.3) is 0 Å². The second-order valence-corrected chi connectivity index (χ2v) is 7.09. The normalized spacial score (nSPS) is 21.5. The Kier molecular flexibility index (Phi) is 5.45. The average Bonchev–Trinajstić information content (AvgIpc) is 3.01. The summed E-state index contributed by atoms with van der Waals surface area (Å²) in [4.78, 5) is 25.8. The molecule has 5 nitrogen and oxygen atoms in total. The van der Waals surface area contributed by atoms with E-state index in [4.69, 9.17) is 0 Å². The first kappa shape index (κ1) is 16.9. The molecule has 0 spiro atoms. The molecule has 0 N–H and O–H groups in total. The van der Waals surface area contributed by atoms with Gasteiger partial charge in [-0.05, 0) is 37.8 Å². The van der Waals surface area contributed by atoms with Crippen molar-refractivity contribution in [2.24, 2.45) is 16.1 Å². The van der Waals surface area contributed by atoms with E-state index < -0.39 is 0 Å². The van der Waals surface area contributed by atoms with Crippen molar-refractivity contribution in [1.29, 1.82) is 0 Å². The standard InChI is InChI=1S/C18H21N3O2S/c1-13(14-8-4-2-5-9-14)19-20-18-21(16(22)12-24-18)17(23)15-10-6-3-7-11-15/h3,6-7,10-11,14H,2,4-5,8-9,12H2,1H3/b19-13-,20-18+. The van der Waals surface area contributed by atoms with Crippen molar-refractivity contribution >= 4 is 34.5 Å². The van der Waals surface area contributed by atoms with E-state index in [0.717, 1.165) is 23.5 Å². The lowest BCUT2D eigenvalue weighted by molar-refractivity contribution is -0.122. The molecule has 3 rings (SSSR count). The van der Waals surface area contributed by atoms with Gasteiger partial charge in [0.05, 0.1) is 5.75 Å². The quantitative estimate of drug-likeness (QED) is 0.477. The first-order chi connectivity index (χ1) is 11.7. The number of hydrogen-bond acceptors (Lipinski definition) is 5. The van der Waals surface area contributed by atoms with Gasteiger partial charge in [0.1, 0.15) is 0 Å². The van der Waals surface area contributed by atoms with Crippen molar-refractivity contribution in [2.45, 2.75) is 39.0 Å². The minimum absolute atomic E-state index is 0.232. The van der Waals surface area contributed by atoms with Crippen molar-refractivity contribution < 1.29 is 9.59 Å². The van der Waals surface area contributed by atoms with Crippen LogP contribution in [0.4, 0.5) is 0 Å². The van der Waals surface area contributed by atoms with E-state index in [1.54, 1.807) is 24.3 Å². The predicted molar refractivity (Wildman–Crippen MR) is 97.2 cm³/mol. The SMILES string of the molecule is C/C(=N/N=C1/SCC(=O)N1C(=O)c1ccccc1)C1CCCCC1. The van der Waals surface area contributed by atoms with Crippen LogP contribution in [0.1, 0.15) is 49.4 Å². The maximum Gasteiger partial charge on any atom is 0.266 e. The van der Waals surface area contributed by atoms with Gasteiger partial charge < -0.3 is 0 Å². The van der Waals surface area contributed by atoms with E-state index in [0.29, 0.717) is 16.6 Å². The number of imide groups is 1. The molecule has 1 aliphatic carbocycles. The monoisotopic (exact) mass is 343 g/mol. The number of rotatable bonds is 3. The third-order valence-corrected chi connectivity index (χ3v) is 5.39. The Morgan fingerprint density at radius 2 is 1.88 bits per heavy atom. The molecule has 1 aliphatic heterocycles. The van der Waals surface area contributed by atoms with Gasteiger partial charge in [0, 0.05) is 11.3 Å². The van der Waals surface area contributed by atoms with Crippen molar-refractivity contribution in [3.63, 3.8) is 0 Å². The molecule has 0 atom stereocenters. The van der Waals surface area contributed by atoms with Crippen LogP contribution in [0.3, 0.4) is 0 Å². The maximum atomic E-state index is 12.6. The molecule has 2 fully saturated rings. The van der Waals surface area contributed by atoms with Crippen LogP contribution in [-0.2, 0) is 4.79 Å². The minimum atomic E-state index is -0.338. The highest BCUT2D eigenvalue weighted by molar-refractivity contribution is 8.15. The molecule has 24 heavy (non-hydrogen) atoms. The number of nitrogens with zero attached hydrogens (tertiary/aromatic N) is 3. The lowest BCUT2D eigenvalue weighted by Gasteiger charge is -2.20. The Hall–Kier alpha value is -1.95. The van der Waals surface area contributed by atoms with Crippen LogP contribution in [0.15, 0.2) is 40.5 Å². The molecule has 1 aromatic rings. The van der Waals surface area contributed by atoms with E-state index in [1.807, 2.05) is 13.0 Å². The van der Waals surface area contributed by atoms with Gasteiger partial charge in [0.15, 0.2) is 5.17 Å². The van der Waals surface area contributed by atoms with Gasteiger partial charge in [-0.2, -0.15) is 5.10 Å². The molecule has 6 heteroatoms. The molecular formula is C18H21N3O2S. The Labute approximate surface area is 146 Å². The number of carbonyl (C=O) groups is 2. The van der Waals surface area contributed by atoms with Crippen molar-refractivity contribution in [3.8, 4) is 0 Å². The highest BCUT2D eigenvalue weighted by Gasteiger charge is 2.34. The smallest absolute Gasteiger partial charge is 0.266 e. The van der Waals surface area contributed by atoms with E-state index in [9.17, 15) is 9.59 Å². The molecule has 1 heterocycles. The third-order valence-electron chi connectivity index (χ3n) is 4.48. The summed E-state index contributed by atoms with van der Waals surface area (Å²) in [5.41, 5.74) is 1.48. The Bertz CT molecular complexity index is 679. The van der Waals surface area contributed by atoms with Crippen LogP contribution in [0.5, 0.6) is 0 Å². The fraction of sp³-hybridized carbons (Fsp3) is 0.444. The van der Waals surface area contributed by atoms with Gasteiger partial charge in [-0.3, -0.25) is 9.59 Å². The summed E-state index contributed by atoms with van der Waals surface area (Å²) in [6.07, 6.45) is 6.07. The highest BCUT2D eigenvalue weighted by Crippen LogP contribution is 2.26. The topological polar surface area (TPSA) is 62.1 Å². The van der Waals surface area contributed by atoms with Crippen molar-refractivity contribution in [1.82, 2.24) is 4.90 Å². The van der Waals surface area contributed by atoms with Gasteiger partial charge in [-0.15, -0.1) is 5.10 Å². The number of amides is 2. The van der Waals surface area contributed by atoms with E-state index in [2.05, 4.69) is 10.2 Å². The van der Waals surface area contributed by atoms with Crippen LogP contribution < -0.4 is 0 Å². The average molecular weight is 343 g/mol. The number of thioether (sulfide) groups is 1. The summed E-state index contributed by atoms with van der Waals surface area (Å²) in [5, 5.41) is 8.94. The molecule has 2 aliphatic rings. The van der Waals surface area contributed by atoms with Gasteiger partial charge in [0.25, 0.3) is 5.91 Å². The van der Waals surface area contributed by atoms with E-state index >= 15 is 0 Å². The van der Waals surface area contributed by atoms with Gasteiger partial charge in [-0.25, -0.2) is 4.90 Å². The predicted octanol–water partition coefficient (Wildman–Crippen LogP) is 3.71. The van der Waals surface area contributed by atoms with Crippen molar-refractivity contribution in [3.05, 3.63) is 35.9 Å². The zero-order valence-corrected chi connectivity index (χ0v) is 14.6. The molecule has 0 bridgehead atoms. The molecule has 0 unspecified atom stereocenters. The lowest BCUT2D eigenvalue weighted by Crippen LogP contribution is -2.35. The Balaban J connectivity index is 1.78. The molecule has 2 amide bonds. The lowest BCUT2D eigenvalue weighted by atomic mass is 9.86. The van der Waals surface area contributed by atoms with Gasteiger partial charge >= 0.3 is 0 Å². The van der Waals surface area contributed by atoms with E-state index in [-0.39, 0.29) is 17.6 Å². The van der Waals surface area contributed by atoms with Crippen molar-refractivity contribution in [2.75, 3.05) is 5.75 Å². The van der Waals surface area contributed by atoms with Crippen LogP contribution >= 0.6 is 11.8 Å². The molecule has 1 saturated carbocycles. The number of carbonyl (C=O) groups excluding carboxylic acids is 2. The first-order valence-electron chi connectivity index (χ1n) is 8.34. The minimum Gasteiger partial charge on any atom is -0.273 e. The molecule has 0 radical (unpaired) electrons. The van der Waals surface area contributed by atoms with E-state index in [1.165, 1.54) is 31.0 Å². The summed E-state index contributed by atoms with van der Waals surface area (Å²) in [5.74, 6) is 0.131. The zero-order chi connectivity index (χ0) is 16.9. The van der Waals surface area contributed by atoms with Crippen LogP contribution in [0, 0.1) is 5.92 Å². The summed E-state index contributed by atoms with van der Waals surface area (Å²) in [6, 6.07) is 8.80. The fourth-order valence-electron chi connectivity index (χ4n) is 3.07. The maximum absolute atomic E-state index is 12.6. The number of amidine groups is 1.